The molecule has 2 aromatic carbocycles. The van der Waals surface area contributed by atoms with Crippen LogP contribution in [0, 0.1) is 10.1 Å². The average molecular weight is 550 g/mol. The minimum atomic E-state index is -4.51. The van der Waals surface area contributed by atoms with Crippen LogP contribution in [0.3, 0.4) is 0 Å². The van der Waals surface area contributed by atoms with Crippen molar-refractivity contribution in [2.75, 3.05) is 6.61 Å². The molecule has 208 valence electrons. The number of sulfonamides is 1. The Hall–Kier alpha value is -3.06. The highest BCUT2D eigenvalue weighted by Gasteiger charge is 2.45. The first-order valence-electron chi connectivity index (χ1n) is 12.4. The molecule has 2 unspecified atom stereocenters. The molecule has 3 N–H and O–H groups in total. The fraction of sp³-hybridized carbons (Fsp3) is 0.500. The lowest BCUT2D eigenvalue weighted by Crippen LogP contribution is -2.69. The van der Waals surface area contributed by atoms with Gasteiger partial charge in [-0.05, 0) is 45.2 Å². The van der Waals surface area contributed by atoms with Crippen molar-refractivity contribution in [2.24, 2.45) is 0 Å². The van der Waals surface area contributed by atoms with E-state index in [1.807, 2.05) is 0 Å². The van der Waals surface area contributed by atoms with Crippen molar-refractivity contribution in [1.82, 2.24) is 10.0 Å². The largest absolute Gasteiger partial charge is 0.444 e. The molecule has 1 fully saturated rings. The molecule has 38 heavy (non-hydrogen) atoms. The van der Waals surface area contributed by atoms with Gasteiger partial charge in [0.25, 0.3) is 5.69 Å². The van der Waals surface area contributed by atoms with E-state index in [-0.39, 0.29) is 19.1 Å². The van der Waals surface area contributed by atoms with Gasteiger partial charge in [-0.1, -0.05) is 49.2 Å². The van der Waals surface area contributed by atoms with Crippen molar-refractivity contribution in [3.05, 3.63) is 70.3 Å². The van der Waals surface area contributed by atoms with Crippen LogP contribution >= 0.6 is 0 Å². The summed E-state index contributed by atoms with van der Waals surface area (Å²) in [4.78, 5) is 23.1. The minimum Gasteiger partial charge on any atom is -0.444 e. The number of nitro groups is 1. The number of aliphatic hydroxyl groups is 1. The van der Waals surface area contributed by atoms with Crippen molar-refractivity contribution in [1.29, 1.82) is 0 Å². The van der Waals surface area contributed by atoms with Gasteiger partial charge in [-0.25, -0.2) is 13.2 Å². The number of carbonyl (C=O) groups excluding carboxylic acids is 1. The third-order valence-electron chi connectivity index (χ3n) is 6.07. The Morgan fingerprint density at radius 2 is 1.79 bits per heavy atom. The molecule has 2 aromatic rings. The molecule has 0 heterocycles. The van der Waals surface area contributed by atoms with Crippen LogP contribution < -0.4 is 10.0 Å². The van der Waals surface area contributed by atoms with Crippen molar-refractivity contribution < 1.29 is 32.7 Å². The van der Waals surface area contributed by atoms with Crippen LogP contribution in [-0.2, 0) is 25.9 Å². The fourth-order valence-corrected chi connectivity index (χ4v) is 5.66. The molecule has 11 nitrogen and oxygen atoms in total. The minimum absolute atomic E-state index is 0.0889. The van der Waals surface area contributed by atoms with Gasteiger partial charge in [-0.2, -0.15) is 4.72 Å². The molecule has 12 heteroatoms. The van der Waals surface area contributed by atoms with Crippen molar-refractivity contribution >= 4 is 21.8 Å². The lowest BCUT2D eigenvalue weighted by Gasteiger charge is -2.39. The second-order valence-corrected chi connectivity index (χ2v) is 12.1. The summed E-state index contributed by atoms with van der Waals surface area (Å²) in [6.07, 6.45) is 0.843. The zero-order valence-corrected chi connectivity index (χ0v) is 22.6. The number of benzene rings is 2. The van der Waals surface area contributed by atoms with Crippen molar-refractivity contribution in [2.45, 2.75) is 81.2 Å². The number of hydrogen-bond donors (Lipinski definition) is 3. The third-order valence-corrected chi connectivity index (χ3v) is 7.57. The molecular formula is C26H35N3O8S. The van der Waals surface area contributed by atoms with Gasteiger partial charge >= 0.3 is 6.09 Å². The lowest BCUT2D eigenvalue weighted by molar-refractivity contribution is -0.385. The first-order chi connectivity index (χ1) is 17.8. The predicted octanol–water partition coefficient (Wildman–Crippen LogP) is 3.66. The number of nitrogens with one attached hydrogen (secondary N) is 2. The van der Waals surface area contributed by atoms with Crippen LogP contribution in [-0.4, -0.2) is 54.6 Å². The molecule has 1 saturated carbocycles. The molecule has 0 aliphatic heterocycles. The summed E-state index contributed by atoms with van der Waals surface area (Å²) in [5.41, 5.74) is -2.75. The number of alkyl carbamates (subject to hydrolysis) is 1. The van der Waals surface area contributed by atoms with Crippen molar-refractivity contribution in [3.63, 3.8) is 0 Å². The summed E-state index contributed by atoms with van der Waals surface area (Å²) in [5.74, 6) is 0. The summed E-state index contributed by atoms with van der Waals surface area (Å²) in [6.45, 7) is 4.68. The molecular weight excluding hydrogens is 514 g/mol. The van der Waals surface area contributed by atoms with E-state index >= 15 is 0 Å². The molecule has 1 aliphatic carbocycles. The zero-order valence-electron chi connectivity index (χ0n) is 21.8. The van der Waals surface area contributed by atoms with Crippen LogP contribution in [0.5, 0.6) is 0 Å². The van der Waals surface area contributed by atoms with E-state index in [9.17, 15) is 28.4 Å². The van der Waals surface area contributed by atoms with E-state index in [2.05, 4.69) is 10.0 Å². The Morgan fingerprint density at radius 3 is 2.39 bits per heavy atom. The summed E-state index contributed by atoms with van der Waals surface area (Å²) >= 11 is 0. The quantitative estimate of drug-likeness (QED) is 0.218. The van der Waals surface area contributed by atoms with Gasteiger partial charge in [-0.3, -0.25) is 15.4 Å². The summed E-state index contributed by atoms with van der Waals surface area (Å²) in [7, 11) is -4.51. The normalized spacial score (nSPS) is 16.9. The van der Waals surface area contributed by atoms with Gasteiger partial charge in [0, 0.05) is 18.6 Å². The number of nitro benzene ring substituents is 1. The number of carbonyl (C=O) groups is 1. The van der Waals surface area contributed by atoms with Gasteiger partial charge in [-0.15, -0.1) is 0 Å². The third kappa shape index (κ3) is 8.22. The Balaban J connectivity index is 2.04. The highest BCUT2D eigenvalue weighted by Crippen LogP contribution is 2.26. The van der Waals surface area contributed by atoms with E-state index in [1.165, 1.54) is 18.2 Å². The van der Waals surface area contributed by atoms with E-state index in [4.69, 9.17) is 9.47 Å². The van der Waals surface area contributed by atoms with Crippen molar-refractivity contribution in [3.8, 4) is 0 Å². The summed E-state index contributed by atoms with van der Waals surface area (Å²) in [6, 6.07) is 13.2. The summed E-state index contributed by atoms with van der Waals surface area (Å²) < 4.78 is 40.9. The molecule has 1 amide bonds. The molecule has 3 rings (SSSR count). The molecule has 2 atom stereocenters. The van der Waals surface area contributed by atoms with Crippen LogP contribution in [0.1, 0.15) is 52.0 Å². The second-order valence-electron chi connectivity index (χ2n) is 10.4. The SMILES string of the molecule is CC(C)(C)OC(=O)NC(Cc1ccccc1)(NS(=O)(=O)c1cccc([N+](=O)[O-])c1)C(O)COC1CCCC1. The monoisotopic (exact) mass is 549 g/mol. The van der Waals surface area contributed by atoms with Gasteiger partial charge in [0.1, 0.15) is 17.4 Å². The highest BCUT2D eigenvalue weighted by atomic mass is 32.2. The predicted molar refractivity (Wildman–Crippen MR) is 140 cm³/mol. The Morgan fingerprint density at radius 1 is 1.13 bits per heavy atom. The smallest absolute Gasteiger partial charge is 0.409 e. The average Bonchev–Trinajstić information content (AvgIpc) is 3.35. The van der Waals surface area contributed by atoms with Crippen LogP contribution in [0.4, 0.5) is 10.5 Å². The van der Waals surface area contributed by atoms with Gasteiger partial charge < -0.3 is 14.6 Å². The van der Waals surface area contributed by atoms with Crippen LogP contribution in [0.2, 0.25) is 0 Å². The van der Waals surface area contributed by atoms with E-state index in [0.717, 1.165) is 31.7 Å². The number of ether oxygens (including phenoxy) is 2. The van der Waals surface area contributed by atoms with E-state index in [1.54, 1.807) is 51.1 Å². The maximum atomic E-state index is 13.6. The van der Waals surface area contributed by atoms with Gasteiger partial charge in [0.05, 0.1) is 22.5 Å². The molecule has 0 bridgehead atoms. The topological polar surface area (TPSA) is 157 Å². The number of aliphatic hydroxyl groups excluding tert-OH is 1. The standard InChI is InChI=1S/C26H35N3O8S/c1-25(2,3)37-24(31)27-26(17-19-10-5-4-6-11-19,23(30)18-36-21-13-7-8-14-21)28-38(34,35)22-15-9-12-20(16-22)29(32)33/h4-6,9-12,15-16,21,23,28,30H,7-8,13-14,17-18H2,1-3H3,(H,27,31). The maximum absolute atomic E-state index is 13.6. The Kier molecular flexibility index (Phi) is 9.47. The summed E-state index contributed by atoms with van der Waals surface area (Å²) in [5, 5.41) is 25.3. The number of non-ortho nitro benzene ring substituents is 1. The lowest BCUT2D eigenvalue weighted by atomic mass is 9.95. The number of hydrogen-bond acceptors (Lipinski definition) is 8. The zero-order chi connectivity index (χ0) is 28.0. The first kappa shape index (κ1) is 29.5. The van der Waals surface area contributed by atoms with Crippen LogP contribution in [0.15, 0.2) is 59.5 Å². The van der Waals surface area contributed by atoms with E-state index in [0.29, 0.717) is 5.56 Å². The fourth-order valence-electron chi connectivity index (χ4n) is 4.27. The molecule has 0 radical (unpaired) electrons. The van der Waals surface area contributed by atoms with Crippen LogP contribution in [0.25, 0.3) is 0 Å². The number of rotatable bonds is 11. The number of nitrogens with zero attached hydrogens (tertiary/aromatic N) is 1. The molecule has 1 aliphatic rings. The second kappa shape index (κ2) is 12.2. The first-order valence-corrected chi connectivity index (χ1v) is 13.9. The maximum Gasteiger partial charge on any atom is 0.409 e. The molecule has 0 saturated heterocycles. The molecule has 0 spiro atoms. The molecule has 0 aromatic heterocycles. The van der Waals surface area contributed by atoms with Gasteiger partial charge in [0.2, 0.25) is 10.0 Å². The van der Waals surface area contributed by atoms with E-state index < -0.39 is 49.0 Å². The van der Waals surface area contributed by atoms with Gasteiger partial charge in [0.15, 0.2) is 0 Å². The Bertz CT molecular complexity index is 1210. The number of amides is 1. The Labute approximate surface area is 222 Å². The highest BCUT2D eigenvalue weighted by molar-refractivity contribution is 7.89.